The van der Waals surface area contributed by atoms with E-state index in [4.69, 9.17) is 10.6 Å². The van der Waals surface area contributed by atoms with Crippen LogP contribution in [0.2, 0.25) is 0 Å². The molecule has 0 bridgehead atoms. The fourth-order valence-electron chi connectivity index (χ4n) is 0.885. The molecule has 1 rings (SSSR count). The Morgan fingerprint density at radius 3 is 2.92 bits per heavy atom. The minimum absolute atomic E-state index is 0.381. The molecule has 0 unspecified atom stereocenters. The normalized spacial score (nSPS) is 9.77. The highest BCUT2D eigenvalue weighted by molar-refractivity contribution is 5.28. The molecular weight excluding hydrogens is 168 g/mol. The molecule has 0 spiro atoms. The molecule has 13 heavy (non-hydrogen) atoms. The number of aromatic nitrogens is 2. The van der Waals surface area contributed by atoms with Crippen LogP contribution in [0.15, 0.2) is 6.07 Å². The third kappa shape index (κ3) is 2.87. The minimum Gasteiger partial charge on any atom is -0.478 e. The van der Waals surface area contributed by atoms with Crippen LogP contribution in [-0.4, -0.2) is 16.6 Å². The van der Waals surface area contributed by atoms with Gasteiger partial charge in [-0.1, -0.05) is 6.92 Å². The van der Waals surface area contributed by atoms with Crippen LogP contribution < -0.4 is 16.0 Å². The highest BCUT2D eigenvalue weighted by Gasteiger charge is 2.00. The first-order chi connectivity index (χ1) is 6.26. The first kappa shape index (κ1) is 9.73. The largest absolute Gasteiger partial charge is 0.478 e. The quantitative estimate of drug-likeness (QED) is 0.533. The van der Waals surface area contributed by atoms with E-state index in [0.717, 1.165) is 12.1 Å². The van der Waals surface area contributed by atoms with Crippen molar-refractivity contribution in [3.63, 3.8) is 0 Å². The number of nitrogens with one attached hydrogen (secondary N) is 1. The van der Waals surface area contributed by atoms with E-state index in [1.165, 1.54) is 0 Å². The molecule has 0 fully saturated rings. The Kier molecular flexibility index (Phi) is 3.45. The SMILES string of the molecule is CCCOc1cc(C)nc(NN)n1. The summed E-state index contributed by atoms with van der Waals surface area (Å²) in [5.41, 5.74) is 3.21. The standard InChI is InChI=1S/C8H14N4O/c1-3-4-13-7-5-6(2)10-8(11-7)12-9/h5H,3-4,9H2,1-2H3,(H,10,11,12). The van der Waals surface area contributed by atoms with Crippen molar-refractivity contribution >= 4 is 5.95 Å². The number of rotatable bonds is 4. The zero-order valence-corrected chi connectivity index (χ0v) is 7.87. The lowest BCUT2D eigenvalue weighted by Gasteiger charge is -2.05. The number of hydrogen-bond acceptors (Lipinski definition) is 5. The summed E-state index contributed by atoms with van der Waals surface area (Å²) >= 11 is 0. The average molecular weight is 182 g/mol. The van der Waals surface area contributed by atoms with Crippen LogP contribution in [0.25, 0.3) is 0 Å². The van der Waals surface area contributed by atoms with Crippen LogP contribution in [0, 0.1) is 6.92 Å². The Hall–Kier alpha value is -1.36. The molecule has 0 aromatic carbocycles. The van der Waals surface area contributed by atoms with Crippen LogP contribution >= 0.6 is 0 Å². The van der Waals surface area contributed by atoms with Crippen molar-refractivity contribution in [2.45, 2.75) is 20.3 Å². The summed E-state index contributed by atoms with van der Waals surface area (Å²) in [6.45, 7) is 4.55. The van der Waals surface area contributed by atoms with Gasteiger partial charge in [0.05, 0.1) is 6.61 Å². The zero-order valence-electron chi connectivity index (χ0n) is 7.87. The van der Waals surface area contributed by atoms with Crippen molar-refractivity contribution in [1.29, 1.82) is 0 Å². The summed E-state index contributed by atoms with van der Waals surface area (Å²) in [4.78, 5) is 8.05. The first-order valence-electron chi connectivity index (χ1n) is 4.21. The average Bonchev–Trinajstić information content (AvgIpc) is 2.14. The van der Waals surface area contributed by atoms with Gasteiger partial charge in [-0.15, -0.1) is 0 Å². The van der Waals surface area contributed by atoms with Crippen molar-refractivity contribution in [3.8, 4) is 5.88 Å². The molecule has 72 valence electrons. The number of aryl methyl sites for hydroxylation is 1. The zero-order chi connectivity index (χ0) is 9.68. The number of hydrogen-bond donors (Lipinski definition) is 2. The summed E-state index contributed by atoms with van der Waals surface area (Å²) in [5.74, 6) is 6.12. The van der Waals surface area contributed by atoms with Gasteiger partial charge in [-0.3, -0.25) is 5.43 Å². The summed E-state index contributed by atoms with van der Waals surface area (Å²) in [7, 11) is 0. The Balaban J connectivity index is 2.76. The number of anilines is 1. The van der Waals surface area contributed by atoms with Gasteiger partial charge in [-0.2, -0.15) is 4.98 Å². The number of nitrogens with two attached hydrogens (primary N) is 1. The summed E-state index contributed by atoms with van der Waals surface area (Å²) in [5, 5.41) is 0. The van der Waals surface area contributed by atoms with E-state index in [1.54, 1.807) is 6.07 Å². The second-order valence-corrected chi connectivity index (χ2v) is 2.66. The molecule has 1 heterocycles. The van der Waals surface area contributed by atoms with Gasteiger partial charge in [-0.05, 0) is 13.3 Å². The first-order valence-corrected chi connectivity index (χ1v) is 4.21. The van der Waals surface area contributed by atoms with Crippen molar-refractivity contribution in [2.24, 2.45) is 5.84 Å². The Bertz CT molecular complexity index is 277. The fourth-order valence-corrected chi connectivity index (χ4v) is 0.885. The highest BCUT2D eigenvalue weighted by Crippen LogP contribution is 2.10. The van der Waals surface area contributed by atoms with E-state index < -0.39 is 0 Å². The van der Waals surface area contributed by atoms with E-state index in [-0.39, 0.29) is 0 Å². The van der Waals surface area contributed by atoms with Gasteiger partial charge in [0.15, 0.2) is 0 Å². The molecule has 3 N–H and O–H groups in total. The van der Waals surface area contributed by atoms with Crippen LogP contribution in [0.5, 0.6) is 5.88 Å². The molecule has 1 aromatic heterocycles. The predicted octanol–water partition coefficient (Wildman–Crippen LogP) is 0.859. The van der Waals surface area contributed by atoms with E-state index >= 15 is 0 Å². The van der Waals surface area contributed by atoms with Crippen LogP contribution in [0.4, 0.5) is 5.95 Å². The lowest BCUT2D eigenvalue weighted by molar-refractivity contribution is 0.305. The number of hydrazine groups is 1. The number of nitrogens with zero attached hydrogens (tertiary/aromatic N) is 2. The fraction of sp³-hybridized carbons (Fsp3) is 0.500. The summed E-state index contributed by atoms with van der Waals surface area (Å²) < 4.78 is 5.33. The summed E-state index contributed by atoms with van der Waals surface area (Å²) in [6, 6.07) is 1.77. The van der Waals surface area contributed by atoms with Crippen molar-refractivity contribution in [3.05, 3.63) is 11.8 Å². The van der Waals surface area contributed by atoms with Crippen LogP contribution in [0.3, 0.4) is 0 Å². The van der Waals surface area contributed by atoms with Crippen molar-refractivity contribution in [1.82, 2.24) is 9.97 Å². The van der Waals surface area contributed by atoms with Gasteiger partial charge in [-0.25, -0.2) is 10.8 Å². The Labute approximate surface area is 77.3 Å². The maximum absolute atomic E-state index is 5.33. The molecular formula is C8H14N4O. The number of nitrogen functional groups attached to an aromatic ring is 1. The third-order valence-corrected chi connectivity index (χ3v) is 1.41. The Morgan fingerprint density at radius 1 is 1.54 bits per heavy atom. The molecule has 0 atom stereocenters. The van der Waals surface area contributed by atoms with Gasteiger partial charge in [0.1, 0.15) is 0 Å². The van der Waals surface area contributed by atoms with Gasteiger partial charge >= 0.3 is 0 Å². The van der Waals surface area contributed by atoms with Gasteiger partial charge in [0, 0.05) is 11.8 Å². The third-order valence-electron chi connectivity index (χ3n) is 1.41. The lowest BCUT2D eigenvalue weighted by atomic mass is 10.4. The van der Waals surface area contributed by atoms with Gasteiger partial charge in [0.2, 0.25) is 11.8 Å². The molecule has 0 saturated heterocycles. The molecule has 5 nitrogen and oxygen atoms in total. The molecule has 0 saturated carbocycles. The maximum Gasteiger partial charge on any atom is 0.240 e. The molecule has 0 amide bonds. The topological polar surface area (TPSA) is 73.1 Å². The van der Waals surface area contributed by atoms with Gasteiger partial charge < -0.3 is 4.74 Å². The van der Waals surface area contributed by atoms with E-state index in [1.807, 2.05) is 13.8 Å². The lowest BCUT2D eigenvalue weighted by Crippen LogP contribution is -2.11. The molecule has 5 heteroatoms. The second-order valence-electron chi connectivity index (χ2n) is 2.66. The monoisotopic (exact) mass is 182 g/mol. The van der Waals surface area contributed by atoms with E-state index in [0.29, 0.717) is 18.4 Å². The second kappa shape index (κ2) is 4.61. The maximum atomic E-state index is 5.33. The van der Waals surface area contributed by atoms with Crippen LogP contribution in [-0.2, 0) is 0 Å². The number of ether oxygens (including phenoxy) is 1. The predicted molar refractivity (Wildman–Crippen MR) is 50.4 cm³/mol. The van der Waals surface area contributed by atoms with Crippen molar-refractivity contribution < 1.29 is 4.74 Å². The van der Waals surface area contributed by atoms with Crippen LogP contribution in [0.1, 0.15) is 19.0 Å². The van der Waals surface area contributed by atoms with E-state index in [9.17, 15) is 0 Å². The van der Waals surface area contributed by atoms with Crippen molar-refractivity contribution in [2.75, 3.05) is 12.0 Å². The summed E-state index contributed by atoms with van der Waals surface area (Å²) in [6.07, 6.45) is 0.953. The molecule has 0 aliphatic rings. The molecule has 0 radical (unpaired) electrons. The van der Waals surface area contributed by atoms with E-state index in [2.05, 4.69) is 15.4 Å². The minimum atomic E-state index is 0.381. The molecule has 0 aliphatic heterocycles. The molecule has 1 aromatic rings. The highest BCUT2D eigenvalue weighted by atomic mass is 16.5. The molecule has 0 aliphatic carbocycles. The Morgan fingerprint density at radius 2 is 2.31 bits per heavy atom. The van der Waals surface area contributed by atoms with Gasteiger partial charge in [0.25, 0.3) is 0 Å². The smallest absolute Gasteiger partial charge is 0.240 e.